The zero-order chi connectivity index (χ0) is 17.8. The summed E-state index contributed by atoms with van der Waals surface area (Å²) in [5, 5.41) is 7.57. The minimum atomic E-state index is 0.507. The molecule has 4 aromatic rings. The van der Waals surface area contributed by atoms with Gasteiger partial charge < -0.3 is 10.6 Å². The van der Waals surface area contributed by atoms with Crippen LogP contribution in [0.15, 0.2) is 71.6 Å². The Balaban J connectivity index is 1.57. The quantitative estimate of drug-likeness (QED) is 0.506. The predicted molar refractivity (Wildman–Crippen MR) is 106 cm³/mol. The molecule has 0 atom stereocenters. The van der Waals surface area contributed by atoms with Crippen molar-refractivity contribution in [1.29, 1.82) is 0 Å². The second-order valence-corrected chi connectivity index (χ2v) is 6.42. The Morgan fingerprint density at radius 2 is 1.81 bits per heavy atom. The van der Waals surface area contributed by atoms with Crippen molar-refractivity contribution in [1.82, 2.24) is 19.9 Å². The Bertz CT molecular complexity index is 1030. The number of halogens is 1. The van der Waals surface area contributed by atoms with Crippen LogP contribution in [0.1, 0.15) is 5.69 Å². The highest BCUT2D eigenvalue weighted by molar-refractivity contribution is 9.10. The van der Waals surface area contributed by atoms with Crippen LogP contribution in [0.3, 0.4) is 0 Å². The third kappa shape index (κ3) is 3.62. The van der Waals surface area contributed by atoms with E-state index in [4.69, 9.17) is 0 Å². The molecule has 0 saturated heterocycles. The molecule has 0 radical (unpaired) electrons. The van der Waals surface area contributed by atoms with Gasteiger partial charge in [-0.2, -0.15) is 4.98 Å². The molecule has 3 heterocycles. The van der Waals surface area contributed by atoms with Gasteiger partial charge in [0.25, 0.3) is 0 Å². The molecule has 0 aliphatic heterocycles. The van der Waals surface area contributed by atoms with Crippen LogP contribution in [-0.2, 0) is 6.54 Å². The van der Waals surface area contributed by atoms with Crippen molar-refractivity contribution in [3.63, 3.8) is 0 Å². The van der Waals surface area contributed by atoms with Gasteiger partial charge in [0.15, 0.2) is 0 Å². The van der Waals surface area contributed by atoms with Gasteiger partial charge in [-0.1, -0.05) is 12.1 Å². The van der Waals surface area contributed by atoms with Crippen molar-refractivity contribution < 1.29 is 0 Å². The average Bonchev–Trinajstić information content (AvgIpc) is 2.69. The number of rotatable bonds is 5. The molecule has 6 nitrogen and oxygen atoms in total. The number of nitrogens with one attached hydrogen (secondary N) is 2. The molecule has 1 aromatic carbocycles. The van der Waals surface area contributed by atoms with E-state index in [1.807, 2.05) is 48.5 Å². The summed E-state index contributed by atoms with van der Waals surface area (Å²) >= 11 is 3.48. The number of anilines is 3. The summed E-state index contributed by atoms with van der Waals surface area (Å²) in [6.45, 7) is 0.577. The summed E-state index contributed by atoms with van der Waals surface area (Å²) in [4.78, 5) is 17.6. The van der Waals surface area contributed by atoms with E-state index in [9.17, 15) is 0 Å². The van der Waals surface area contributed by atoms with Crippen LogP contribution in [0.25, 0.3) is 10.9 Å². The molecule has 0 bridgehead atoms. The molecule has 0 amide bonds. The number of fused-ring (bicyclic) bond motifs is 1. The van der Waals surface area contributed by atoms with Crippen LogP contribution >= 0.6 is 15.9 Å². The topological polar surface area (TPSA) is 75.6 Å². The lowest BCUT2D eigenvalue weighted by Gasteiger charge is -2.11. The zero-order valence-corrected chi connectivity index (χ0v) is 15.3. The Labute approximate surface area is 158 Å². The van der Waals surface area contributed by atoms with E-state index in [0.29, 0.717) is 18.3 Å². The first-order chi connectivity index (χ1) is 12.8. The highest BCUT2D eigenvalue weighted by Crippen LogP contribution is 2.26. The van der Waals surface area contributed by atoms with Crippen molar-refractivity contribution in [2.75, 3.05) is 10.6 Å². The highest BCUT2D eigenvalue weighted by atomic mass is 79.9. The normalized spacial score (nSPS) is 10.7. The van der Waals surface area contributed by atoms with Crippen LogP contribution in [0.5, 0.6) is 0 Å². The van der Waals surface area contributed by atoms with E-state index in [1.54, 1.807) is 18.6 Å². The lowest BCUT2D eigenvalue weighted by molar-refractivity contribution is 1.02. The Morgan fingerprint density at radius 1 is 0.885 bits per heavy atom. The number of aromatic nitrogens is 4. The molecule has 0 aliphatic carbocycles. The molecule has 7 heteroatoms. The lowest BCUT2D eigenvalue weighted by Crippen LogP contribution is -2.06. The Hall–Kier alpha value is -3.06. The highest BCUT2D eigenvalue weighted by Gasteiger charge is 2.08. The van der Waals surface area contributed by atoms with Crippen LogP contribution in [-0.4, -0.2) is 19.9 Å². The molecule has 128 valence electrons. The molecular formula is C19H15BrN6. The first-order valence-corrected chi connectivity index (χ1v) is 8.86. The average molecular weight is 407 g/mol. The van der Waals surface area contributed by atoms with E-state index < -0.39 is 0 Å². The van der Waals surface area contributed by atoms with Gasteiger partial charge in [-0.25, -0.2) is 4.98 Å². The van der Waals surface area contributed by atoms with Crippen LogP contribution in [0.4, 0.5) is 17.5 Å². The van der Waals surface area contributed by atoms with Crippen molar-refractivity contribution in [2.24, 2.45) is 0 Å². The summed E-state index contributed by atoms with van der Waals surface area (Å²) in [7, 11) is 0. The summed E-state index contributed by atoms with van der Waals surface area (Å²) in [5.74, 6) is 1.21. The van der Waals surface area contributed by atoms with E-state index in [1.165, 1.54) is 0 Å². The first-order valence-electron chi connectivity index (χ1n) is 8.07. The van der Waals surface area contributed by atoms with E-state index in [0.717, 1.165) is 26.8 Å². The van der Waals surface area contributed by atoms with Crippen molar-refractivity contribution in [3.05, 3.63) is 77.3 Å². The van der Waals surface area contributed by atoms with Gasteiger partial charge >= 0.3 is 0 Å². The summed E-state index contributed by atoms with van der Waals surface area (Å²) in [6.07, 6.45) is 5.27. The van der Waals surface area contributed by atoms with Gasteiger partial charge in [-0.3, -0.25) is 9.97 Å². The molecule has 2 N–H and O–H groups in total. The van der Waals surface area contributed by atoms with Gasteiger partial charge in [0.2, 0.25) is 5.95 Å². The summed E-state index contributed by atoms with van der Waals surface area (Å²) in [5.41, 5.74) is 2.77. The summed E-state index contributed by atoms with van der Waals surface area (Å²) in [6, 6.07) is 15.7. The fourth-order valence-corrected chi connectivity index (χ4v) is 2.89. The fourth-order valence-electron chi connectivity index (χ4n) is 2.56. The molecule has 0 saturated carbocycles. The van der Waals surface area contributed by atoms with E-state index in [2.05, 4.69) is 46.5 Å². The molecule has 0 fully saturated rings. The lowest BCUT2D eigenvalue weighted by atomic mass is 10.2. The second kappa shape index (κ2) is 7.45. The third-order valence-corrected chi connectivity index (χ3v) is 4.38. The molecule has 0 spiro atoms. The standard InChI is InChI=1S/C19H15BrN6/c20-15-12-24-19(26-18(15)23-11-13-5-1-2-9-21-13)25-17-8-3-7-16-14(17)6-4-10-22-16/h1-10,12H,11H2,(H2,23,24,25,26). The zero-order valence-electron chi connectivity index (χ0n) is 13.7. The van der Waals surface area contributed by atoms with Crippen LogP contribution in [0, 0.1) is 0 Å². The van der Waals surface area contributed by atoms with Gasteiger partial charge in [0.05, 0.1) is 27.9 Å². The van der Waals surface area contributed by atoms with E-state index in [-0.39, 0.29) is 0 Å². The number of benzene rings is 1. The van der Waals surface area contributed by atoms with Crippen molar-refractivity contribution in [2.45, 2.75) is 6.54 Å². The van der Waals surface area contributed by atoms with E-state index >= 15 is 0 Å². The van der Waals surface area contributed by atoms with Gasteiger partial charge in [0.1, 0.15) is 5.82 Å². The predicted octanol–water partition coefficient (Wildman–Crippen LogP) is 4.54. The minimum absolute atomic E-state index is 0.507. The molecule has 0 aliphatic rings. The maximum atomic E-state index is 4.56. The fraction of sp³-hybridized carbons (Fsp3) is 0.0526. The second-order valence-electron chi connectivity index (χ2n) is 5.57. The maximum Gasteiger partial charge on any atom is 0.229 e. The maximum absolute atomic E-state index is 4.56. The summed E-state index contributed by atoms with van der Waals surface area (Å²) < 4.78 is 0.790. The number of pyridine rings is 2. The number of hydrogen-bond acceptors (Lipinski definition) is 6. The Morgan fingerprint density at radius 3 is 2.69 bits per heavy atom. The molecular weight excluding hydrogens is 392 g/mol. The Kier molecular flexibility index (Phi) is 4.70. The van der Waals surface area contributed by atoms with Gasteiger partial charge in [-0.15, -0.1) is 0 Å². The van der Waals surface area contributed by atoms with Crippen molar-refractivity contribution in [3.8, 4) is 0 Å². The first kappa shape index (κ1) is 16.4. The molecule has 4 rings (SSSR count). The number of hydrogen-bond donors (Lipinski definition) is 2. The number of nitrogens with zero attached hydrogens (tertiary/aromatic N) is 4. The third-order valence-electron chi connectivity index (χ3n) is 3.80. The van der Waals surface area contributed by atoms with Crippen molar-refractivity contribution >= 4 is 44.3 Å². The molecule has 26 heavy (non-hydrogen) atoms. The van der Waals surface area contributed by atoms with Crippen LogP contribution in [0.2, 0.25) is 0 Å². The SMILES string of the molecule is Brc1cnc(Nc2cccc3ncccc23)nc1NCc1ccccn1. The minimum Gasteiger partial charge on any atom is -0.363 e. The smallest absolute Gasteiger partial charge is 0.229 e. The molecule has 0 unspecified atom stereocenters. The van der Waals surface area contributed by atoms with Gasteiger partial charge in [0, 0.05) is 24.0 Å². The van der Waals surface area contributed by atoms with Gasteiger partial charge in [-0.05, 0) is 52.3 Å². The molecule has 3 aromatic heterocycles. The monoisotopic (exact) mass is 406 g/mol. The van der Waals surface area contributed by atoms with Crippen LogP contribution < -0.4 is 10.6 Å². The largest absolute Gasteiger partial charge is 0.363 e.